The first-order chi connectivity index (χ1) is 8.02. The summed E-state index contributed by atoms with van der Waals surface area (Å²) in [4.78, 5) is 22.0. The number of nitrogens with two attached hydrogens (primary N) is 1. The summed E-state index contributed by atoms with van der Waals surface area (Å²) < 4.78 is 5.43. The Morgan fingerprint density at radius 1 is 1.18 bits per heavy atom. The van der Waals surface area contributed by atoms with Gasteiger partial charge >= 0.3 is 11.8 Å². The van der Waals surface area contributed by atoms with Crippen LogP contribution in [0.3, 0.4) is 0 Å². The van der Waals surface area contributed by atoms with Crippen molar-refractivity contribution in [2.45, 2.75) is 20.0 Å². The van der Waals surface area contributed by atoms with Crippen LogP contribution in [0.15, 0.2) is 24.3 Å². The van der Waals surface area contributed by atoms with Gasteiger partial charge in [-0.25, -0.2) is 5.84 Å². The predicted octanol–water partition coefficient (Wildman–Crippen LogP) is 0.402. The standard InChI is InChI=1S/C11H15N3O3/c1-7(2)17-9-5-3-8(4-6-9)13-10(15)11(16)14-12/h3-7H,12H2,1-2H3,(H,13,15)(H,14,16). The summed E-state index contributed by atoms with van der Waals surface area (Å²) in [5.74, 6) is 3.81. The Bertz CT molecular complexity index is 401. The molecule has 0 aliphatic rings. The average molecular weight is 237 g/mol. The quantitative estimate of drug-likeness (QED) is 0.307. The summed E-state index contributed by atoms with van der Waals surface area (Å²) in [6.07, 6.45) is 0.0819. The van der Waals surface area contributed by atoms with Gasteiger partial charge in [0.1, 0.15) is 5.75 Å². The largest absolute Gasteiger partial charge is 0.491 e. The van der Waals surface area contributed by atoms with Gasteiger partial charge in [0.2, 0.25) is 0 Å². The van der Waals surface area contributed by atoms with E-state index in [0.717, 1.165) is 0 Å². The summed E-state index contributed by atoms with van der Waals surface area (Å²) in [5, 5.41) is 2.39. The Morgan fingerprint density at radius 3 is 2.24 bits per heavy atom. The van der Waals surface area contributed by atoms with Crippen molar-refractivity contribution in [3.63, 3.8) is 0 Å². The maximum absolute atomic E-state index is 11.2. The van der Waals surface area contributed by atoms with E-state index in [1.165, 1.54) is 0 Å². The molecule has 0 bridgehead atoms. The van der Waals surface area contributed by atoms with E-state index in [4.69, 9.17) is 10.6 Å². The Labute approximate surface area is 99.1 Å². The second-order valence-electron chi connectivity index (χ2n) is 3.62. The number of nitrogens with one attached hydrogen (secondary N) is 2. The highest BCUT2D eigenvalue weighted by Crippen LogP contribution is 2.16. The van der Waals surface area contributed by atoms with E-state index >= 15 is 0 Å². The van der Waals surface area contributed by atoms with Gasteiger partial charge in [0.05, 0.1) is 6.10 Å². The molecule has 92 valence electrons. The minimum absolute atomic E-state index is 0.0819. The Morgan fingerprint density at radius 2 is 1.76 bits per heavy atom. The molecule has 0 aliphatic carbocycles. The van der Waals surface area contributed by atoms with Gasteiger partial charge in [0.15, 0.2) is 0 Å². The van der Waals surface area contributed by atoms with Gasteiger partial charge in [-0.2, -0.15) is 0 Å². The maximum Gasteiger partial charge on any atom is 0.323 e. The second-order valence-corrected chi connectivity index (χ2v) is 3.62. The zero-order valence-electron chi connectivity index (χ0n) is 9.69. The minimum Gasteiger partial charge on any atom is -0.491 e. The number of hydrogen-bond donors (Lipinski definition) is 3. The number of hydrogen-bond acceptors (Lipinski definition) is 4. The molecule has 0 heterocycles. The van der Waals surface area contributed by atoms with Crippen LogP contribution in [-0.2, 0) is 9.59 Å². The number of anilines is 1. The second kappa shape index (κ2) is 5.86. The van der Waals surface area contributed by atoms with Crippen molar-refractivity contribution in [1.29, 1.82) is 0 Å². The monoisotopic (exact) mass is 237 g/mol. The highest BCUT2D eigenvalue weighted by atomic mass is 16.5. The highest BCUT2D eigenvalue weighted by molar-refractivity contribution is 6.39. The smallest absolute Gasteiger partial charge is 0.323 e. The van der Waals surface area contributed by atoms with Crippen LogP contribution in [0.4, 0.5) is 5.69 Å². The predicted molar refractivity (Wildman–Crippen MR) is 63.2 cm³/mol. The Kier molecular flexibility index (Phi) is 4.47. The first kappa shape index (κ1) is 13.0. The molecule has 4 N–H and O–H groups in total. The number of benzene rings is 1. The third-order valence-electron chi connectivity index (χ3n) is 1.82. The average Bonchev–Trinajstić information content (AvgIpc) is 2.30. The van der Waals surface area contributed by atoms with Crippen molar-refractivity contribution in [1.82, 2.24) is 5.43 Å². The molecule has 0 unspecified atom stereocenters. The molecule has 1 rings (SSSR count). The number of hydrazine groups is 1. The third-order valence-corrected chi connectivity index (χ3v) is 1.82. The van der Waals surface area contributed by atoms with Gasteiger partial charge in [-0.1, -0.05) is 0 Å². The van der Waals surface area contributed by atoms with Crippen molar-refractivity contribution < 1.29 is 14.3 Å². The van der Waals surface area contributed by atoms with E-state index in [9.17, 15) is 9.59 Å². The molecule has 0 saturated heterocycles. The van der Waals surface area contributed by atoms with E-state index in [1.807, 2.05) is 13.8 Å². The lowest BCUT2D eigenvalue weighted by atomic mass is 10.3. The molecule has 0 atom stereocenters. The summed E-state index contributed by atoms with van der Waals surface area (Å²) in [6, 6.07) is 6.69. The Hall–Kier alpha value is -2.08. The molecule has 0 radical (unpaired) electrons. The molecule has 17 heavy (non-hydrogen) atoms. The van der Waals surface area contributed by atoms with E-state index < -0.39 is 11.8 Å². The van der Waals surface area contributed by atoms with Gasteiger partial charge in [0.25, 0.3) is 0 Å². The fourth-order valence-corrected chi connectivity index (χ4v) is 1.14. The summed E-state index contributed by atoms with van der Waals surface area (Å²) in [7, 11) is 0. The SMILES string of the molecule is CC(C)Oc1ccc(NC(=O)C(=O)NN)cc1. The molecular weight excluding hydrogens is 222 g/mol. The first-order valence-electron chi connectivity index (χ1n) is 5.11. The third kappa shape index (κ3) is 4.12. The number of amides is 2. The van der Waals surface area contributed by atoms with Crippen LogP contribution in [0.25, 0.3) is 0 Å². The molecule has 1 aromatic carbocycles. The molecule has 0 aromatic heterocycles. The van der Waals surface area contributed by atoms with Crippen LogP contribution in [0.5, 0.6) is 5.75 Å². The highest BCUT2D eigenvalue weighted by Gasteiger charge is 2.11. The first-order valence-corrected chi connectivity index (χ1v) is 5.11. The number of carbonyl (C=O) groups excluding carboxylic acids is 2. The lowest BCUT2D eigenvalue weighted by Crippen LogP contribution is -2.39. The molecule has 0 saturated carbocycles. The lowest BCUT2D eigenvalue weighted by molar-refractivity contribution is -0.136. The van der Waals surface area contributed by atoms with Crippen LogP contribution in [0, 0.1) is 0 Å². The van der Waals surface area contributed by atoms with E-state index in [-0.39, 0.29) is 6.10 Å². The normalized spacial score (nSPS) is 9.88. The van der Waals surface area contributed by atoms with Gasteiger partial charge in [-0.15, -0.1) is 0 Å². The summed E-state index contributed by atoms with van der Waals surface area (Å²) in [6.45, 7) is 3.84. The van der Waals surface area contributed by atoms with Crippen LogP contribution >= 0.6 is 0 Å². The van der Waals surface area contributed by atoms with Crippen molar-refractivity contribution in [2.24, 2.45) is 5.84 Å². The molecule has 0 aliphatic heterocycles. The van der Waals surface area contributed by atoms with Crippen LogP contribution in [0.1, 0.15) is 13.8 Å². The van der Waals surface area contributed by atoms with Crippen LogP contribution in [-0.4, -0.2) is 17.9 Å². The maximum atomic E-state index is 11.2. The van der Waals surface area contributed by atoms with Crippen molar-refractivity contribution in [3.05, 3.63) is 24.3 Å². The van der Waals surface area contributed by atoms with E-state index in [2.05, 4.69) is 5.32 Å². The van der Waals surface area contributed by atoms with E-state index in [0.29, 0.717) is 11.4 Å². The van der Waals surface area contributed by atoms with Crippen LogP contribution < -0.4 is 21.3 Å². The van der Waals surface area contributed by atoms with Gasteiger partial charge in [-0.05, 0) is 38.1 Å². The molecule has 0 fully saturated rings. The molecule has 2 amide bonds. The number of rotatable bonds is 3. The minimum atomic E-state index is -0.896. The zero-order valence-corrected chi connectivity index (χ0v) is 9.69. The van der Waals surface area contributed by atoms with Gasteiger partial charge < -0.3 is 10.1 Å². The van der Waals surface area contributed by atoms with Crippen molar-refractivity contribution in [2.75, 3.05) is 5.32 Å². The van der Waals surface area contributed by atoms with E-state index in [1.54, 1.807) is 29.7 Å². The van der Waals surface area contributed by atoms with Gasteiger partial charge in [0, 0.05) is 5.69 Å². The van der Waals surface area contributed by atoms with Crippen molar-refractivity contribution in [3.8, 4) is 5.75 Å². The summed E-state index contributed by atoms with van der Waals surface area (Å²) >= 11 is 0. The molecule has 6 nitrogen and oxygen atoms in total. The molecule has 0 spiro atoms. The summed E-state index contributed by atoms with van der Waals surface area (Å²) in [5.41, 5.74) is 2.24. The number of ether oxygens (including phenoxy) is 1. The fourth-order valence-electron chi connectivity index (χ4n) is 1.14. The number of carbonyl (C=O) groups is 2. The molecule has 1 aromatic rings. The molecular formula is C11H15N3O3. The topological polar surface area (TPSA) is 93.4 Å². The van der Waals surface area contributed by atoms with Gasteiger partial charge in [-0.3, -0.25) is 15.0 Å². The van der Waals surface area contributed by atoms with Crippen LogP contribution in [0.2, 0.25) is 0 Å². The van der Waals surface area contributed by atoms with Crippen molar-refractivity contribution >= 4 is 17.5 Å². The zero-order chi connectivity index (χ0) is 12.8. The fraction of sp³-hybridized carbons (Fsp3) is 0.273. The lowest BCUT2D eigenvalue weighted by Gasteiger charge is -2.10. The molecule has 6 heteroatoms. The Balaban J connectivity index is 2.62.